The van der Waals surface area contributed by atoms with Gasteiger partial charge in [0.25, 0.3) is 0 Å². The number of benzene rings is 2. The van der Waals surface area contributed by atoms with Crippen molar-refractivity contribution in [1.82, 2.24) is 4.90 Å². The average molecular weight is 399 g/mol. The zero-order valence-corrected chi connectivity index (χ0v) is 17.0. The van der Waals surface area contributed by atoms with Crippen molar-refractivity contribution in [3.8, 4) is 0 Å². The molecule has 0 aliphatic carbocycles. The second-order valence-corrected chi connectivity index (χ2v) is 8.07. The van der Waals surface area contributed by atoms with E-state index in [2.05, 4.69) is 29.3 Å². The number of amides is 1. The quantitative estimate of drug-likeness (QED) is 0.654. The third-order valence-electron chi connectivity index (χ3n) is 5.27. The Kier molecular flexibility index (Phi) is 7.24. The summed E-state index contributed by atoms with van der Waals surface area (Å²) in [6, 6.07) is 14.7. The molecule has 1 heterocycles. The molecule has 0 unspecified atom stereocenters. The summed E-state index contributed by atoms with van der Waals surface area (Å²) < 4.78 is 0. The molecule has 5 heteroatoms. The van der Waals surface area contributed by atoms with Crippen LogP contribution in [-0.2, 0) is 11.3 Å². The normalized spacial score (nSPS) is 15.4. The van der Waals surface area contributed by atoms with Gasteiger partial charge in [0.15, 0.2) is 5.78 Å². The number of Topliss-reactive ketones (excluding diaryl/α,β-unsaturated/α-hetero) is 1. The topological polar surface area (TPSA) is 49.4 Å². The van der Waals surface area contributed by atoms with E-state index in [-0.39, 0.29) is 24.5 Å². The number of rotatable bonds is 7. The van der Waals surface area contributed by atoms with Crippen LogP contribution < -0.4 is 5.32 Å². The van der Waals surface area contributed by atoms with Crippen molar-refractivity contribution in [3.05, 3.63) is 64.7 Å². The number of ketones is 1. The number of piperidine rings is 1. The Morgan fingerprint density at radius 1 is 1.00 bits per heavy atom. The van der Waals surface area contributed by atoms with E-state index in [1.807, 2.05) is 12.1 Å². The van der Waals surface area contributed by atoms with Gasteiger partial charge in [-0.15, -0.1) is 0 Å². The highest BCUT2D eigenvalue weighted by molar-refractivity contribution is 6.30. The number of carbonyl (C=O) groups is 2. The highest BCUT2D eigenvalue weighted by atomic mass is 35.5. The molecule has 0 radical (unpaired) electrons. The van der Waals surface area contributed by atoms with Crippen molar-refractivity contribution in [3.63, 3.8) is 0 Å². The van der Waals surface area contributed by atoms with Gasteiger partial charge in [-0.25, -0.2) is 0 Å². The van der Waals surface area contributed by atoms with Crippen molar-refractivity contribution in [1.29, 1.82) is 0 Å². The first-order chi connectivity index (χ1) is 13.5. The first-order valence-corrected chi connectivity index (χ1v) is 10.3. The van der Waals surface area contributed by atoms with Crippen LogP contribution in [0.1, 0.15) is 48.5 Å². The van der Waals surface area contributed by atoms with Gasteiger partial charge in [0.2, 0.25) is 5.91 Å². The van der Waals surface area contributed by atoms with Gasteiger partial charge in [-0.2, -0.15) is 0 Å². The molecule has 2 aromatic rings. The fraction of sp³-hybridized carbons (Fsp3) is 0.391. The van der Waals surface area contributed by atoms with E-state index < -0.39 is 0 Å². The predicted octanol–water partition coefficient (Wildman–Crippen LogP) is 5.17. The SMILES string of the molecule is CC1CCN(Cc2ccc(NC(=O)CCC(=O)c3ccc(Cl)cc3)cc2)CC1. The predicted molar refractivity (Wildman–Crippen MR) is 114 cm³/mol. The fourth-order valence-electron chi connectivity index (χ4n) is 3.40. The smallest absolute Gasteiger partial charge is 0.224 e. The van der Waals surface area contributed by atoms with Crippen molar-refractivity contribution in [2.45, 2.75) is 39.2 Å². The average Bonchev–Trinajstić information content (AvgIpc) is 2.70. The van der Waals surface area contributed by atoms with Crippen LogP contribution in [0.2, 0.25) is 5.02 Å². The molecule has 1 saturated heterocycles. The third-order valence-corrected chi connectivity index (χ3v) is 5.52. The Hall–Kier alpha value is -2.17. The molecule has 1 aliphatic rings. The minimum absolute atomic E-state index is 0.0574. The van der Waals surface area contributed by atoms with Gasteiger partial charge < -0.3 is 5.32 Å². The molecule has 0 saturated carbocycles. The van der Waals surface area contributed by atoms with Crippen molar-refractivity contribution >= 4 is 29.0 Å². The summed E-state index contributed by atoms with van der Waals surface area (Å²) in [7, 11) is 0. The van der Waals surface area contributed by atoms with Gasteiger partial charge in [-0.05, 0) is 73.8 Å². The first kappa shape index (κ1) is 20.6. The maximum absolute atomic E-state index is 12.1. The number of hydrogen-bond acceptors (Lipinski definition) is 3. The molecule has 1 aliphatic heterocycles. The number of anilines is 1. The highest BCUT2D eigenvalue weighted by Crippen LogP contribution is 2.19. The van der Waals surface area contributed by atoms with Gasteiger partial charge in [0.1, 0.15) is 0 Å². The van der Waals surface area contributed by atoms with E-state index in [0.717, 1.165) is 31.2 Å². The van der Waals surface area contributed by atoms with Gasteiger partial charge >= 0.3 is 0 Å². The fourth-order valence-corrected chi connectivity index (χ4v) is 3.53. The van der Waals surface area contributed by atoms with Crippen LogP contribution in [-0.4, -0.2) is 29.7 Å². The molecule has 28 heavy (non-hydrogen) atoms. The Labute approximate surface area is 171 Å². The molecular weight excluding hydrogens is 372 g/mol. The monoisotopic (exact) mass is 398 g/mol. The number of nitrogens with one attached hydrogen (secondary N) is 1. The van der Waals surface area contributed by atoms with E-state index >= 15 is 0 Å². The molecule has 0 spiro atoms. The molecule has 3 rings (SSSR count). The van der Waals surface area contributed by atoms with Crippen molar-refractivity contribution in [2.24, 2.45) is 5.92 Å². The summed E-state index contributed by atoms with van der Waals surface area (Å²) in [6.45, 7) is 5.58. The lowest BCUT2D eigenvalue weighted by Gasteiger charge is -2.30. The van der Waals surface area contributed by atoms with Crippen LogP contribution in [0.5, 0.6) is 0 Å². The van der Waals surface area contributed by atoms with Crippen LogP contribution in [0.15, 0.2) is 48.5 Å². The van der Waals surface area contributed by atoms with Gasteiger partial charge in [0.05, 0.1) is 0 Å². The molecule has 0 bridgehead atoms. The molecule has 1 amide bonds. The number of carbonyl (C=O) groups excluding carboxylic acids is 2. The largest absolute Gasteiger partial charge is 0.326 e. The van der Waals surface area contributed by atoms with Crippen LogP contribution in [0.3, 0.4) is 0 Å². The number of nitrogens with zero attached hydrogens (tertiary/aromatic N) is 1. The summed E-state index contributed by atoms with van der Waals surface area (Å²) in [5, 5.41) is 3.46. The van der Waals surface area contributed by atoms with Gasteiger partial charge in [0, 0.05) is 35.7 Å². The Balaban J connectivity index is 1.43. The van der Waals surface area contributed by atoms with Crippen LogP contribution in [0, 0.1) is 5.92 Å². The molecule has 2 aromatic carbocycles. The number of likely N-dealkylation sites (tertiary alicyclic amines) is 1. The van der Waals surface area contributed by atoms with Crippen LogP contribution in [0.4, 0.5) is 5.69 Å². The summed E-state index contributed by atoms with van der Waals surface area (Å²) in [5.41, 5.74) is 2.60. The minimum atomic E-state index is -0.153. The second kappa shape index (κ2) is 9.85. The Morgan fingerprint density at radius 2 is 1.64 bits per heavy atom. The molecular formula is C23H27ClN2O2. The van der Waals surface area contributed by atoms with E-state index in [0.29, 0.717) is 10.6 Å². The summed E-state index contributed by atoms with van der Waals surface area (Å²) in [6.07, 6.45) is 2.87. The van der Waals surface area contributed by atoms with Crippen molar-refractivity contribution < 1.29 is 9.59 Å². The maximum Gasteiger partial charge on any atom is 0.224 e. The Bertz CT molecular complexity index is 794. The molecule has 1 N–H and O–H groups in total. The minimum Gasteiger partial charge on any atom is -0.326 e. The molecule has 1 fully saturated rings. The van der Waals surface area contributed by atoms with Crippen molar-refractivity contribution in [2.75, 3.05) is 18.4 Å². The van der Waals surface area contributed by atoms with Gasteiger partial charge in [-0.1, -0.05) is 30.7 Å². The second-order valence-electron chi connectivity index (χ2n) is 7.63. The lowest BCUT2D eigenvalue weighted by Crippen LogP contribution is -2.32. The maximum atomic E-state index is 12.1. The van der Waals surface area contributed by atoms with E-state index in [9.17, 15) is 9.59 Å². The van der Waals surface area contributed by atoms with E-state index in [1.54, 1.807) is 24.3 Å². The highest BCUT2D eigenvalue weighted by Gasteiger charge is 2.15. The molecule has 0 aromatic heterocycles. The zero-order chi connectivity index (χ0) is 19.9. The number of halogens is 1. The molecule has 148 valence electrons. The standard InChI is InChI=1S/C23H27ClN2O2/c1-17-12-14-26(15-13-17)16-18-2-8-21(9-3-18)25-23(28)11-10-22(27)19-4-6-20(24)7-5-19/h2-9,17H,10-16H2,1H3,(H,25,28). The Morgan fingerprint density at radius 3 is 2.29 bits per heavy atom. The van der Waals surface area contributed by atoms with E-state index in [4.69, 9.17) is 11.6 Å². The summed E-state index contributed by atoms with van der Waals surface area (Å²) in [4.78, 5) is 26.8. The third kappa shape index (κ3) is 6.18. The lowest BCUT2D eigenvalue weighted by atomic mass is 9.99. The van der Waals surface area contributed by atoms with Gasteiger partial charge in [-0.3, -0.25) is 14.5 Å². The van der Waals surface area contributed by atoms with E-state index in [1.165, 1.54) is 18.4 Å². The number of hydrogen-bond donors (Lipinski definition) is 1. The zero-order valence-electron chi connectivity index (χ0n) is 16.3. The molecule has 0 atom stereocenters. The summed E-state index contributed by atoms with van der Waals surface area (Å²) in [5.74, 6) is 0.624. The molecule has 4 nitrogen and oxygen atoms in total. The summed E-state index contributed by atoms with van der Waals surface area (Å²) >= 11 is 5.83. The van der Waals surface area contributed by atoms with Crippen LogP contribution in [0.25, 0.3) is 0 Å². The van der Waals surface area contributed by atoms with Crippen LogP contribution >= 0.6 is 11.6 Å². The first-order valence-electron chi connectivity index (χ1n) is 9.89. The lowest BCUT2D eigenvalue weighted by molar-refractivity contribution is -0.116.